The predicted molar refractivity (Wildman–Crippen MR) is 118 cm³/mol. The van der Waals surface area contributed by atoms with Crippen LogP contribution in [0.15, 0.2) is 41.3 Å². The summed E-state index contributed by atoms with van der Waals surface area (Å²) in [5, 5.41) is 1.33. The van der Waals surface area contributed by atoms with E-state index < -0.39 is 11.8 Å². The number of para-hydroxylation sites is 1. The number of hydrogen-bond acceptors (Lipinski definition) is 6. The van der Waals surface area contributed by atoms with E-state index in [2.05, 4.69) is 5.43 Å². The van der Waals surface area contributed by atoms with Gasteiger partial charge < -0.3 is 9.47 Å². The zero-order valence-corrected chi connectivity index (χ0v) is 18.2. The molecule has 2 aromatic rings. The van der Waals surface area contributed by atoms with Crippen molar-refractivity contribution in [3.05, 3.63) is 63.0 Å². The first-order chi connectivity index (χ1) is 13.8. The Bertz CT molecular complexity index is 1040. The highest BCUT2D eigenvalue weighted by Gasteiger charge is 2.34. The van der Waals surface area contributed by atoms with E-state index in [9.17, 15) is 9.59 Å². The van der Waals surface area contributed by atoms with Crippen LogP contribution in [0.25, 0.3) is 6.08 Å². The Morgan fingerprint density at radius 1 is 1.24 bits per heavy atom. The van der Waals surface area contributed by atoms with Crippen LogP contribution in [-0.2, 0) is 4.79 Å². The van der Waals surface area contributed by atoms with Crippen LogP contribution in [0.3, 0.4) is 0 Å². The van der Waals surface area contributed by atoms with Crippen molar-refractivity contribution in [3.8, 4) is 11.5 Å². The summed E-state index contributed by atoms with van der Waals surface area (Å²) in [6, 6.07) is 10.4. The number of rotatable bonds is 5. The number of thiocarbonyl (C=S) groups is 1. The van der Waals surface area contributed by atoms with E-state index in [4.69, 9.17) is 33.3 Å². The molecule has 1 saturated heterocycles. The van der Waals surface area contributed by atoms with Gasteiger partial charge in [0, 0.05) is 5.56 Å². The molecule has 2 aromatic carbocycles. The van der Waals surface area contributed by atoms with Crippen molar-refractivity contribution in [1.82, 2.24) is 10.4 Å². The van der Waals surface area contributed by atoms with Crippen LogP contribution < -0.4 is 14.9 Å². The lowest BCUT2D eigenvalue weighted by atomic mass is 10.1. The number of halogens is 1. The molecule has 29 heavy (non-hydrogen) atoms. The molecule has 0 bridgehead atoms. The van der Waals surface area contributed by atoms with Crippen LogP contribution >= 0.6 is 35.6 Å². The highest BCUT2D eigenvalue weighted by molar-refractivity contribution is 8.26. The normalized spacial score (nSPS) is 15.0. The van der Waals surface area contributed by atoms with Crippen molar-refractivity contribution < 1.29 is 19.1 Å². The lowest BCUT2D eigenvalue weighted by Crippen LogP contribution is -2.44. The van der Waals surface area contributed by atoms with E-state index in [0.29, 0.717) is 27.0 Å². The third-order valence-corrected chi connectivity index (χ3v) is 5.71. The Hall–Kier alpha value is -2.55. The van der Waals surface area contributed by atoms with E-state index in [1.54, 1.807) is 42.5 Å². The number of carbonyl (C=O) groups is 2. The molecule has 1 aliphatic heterocycles. The predicted octanol–water partition coefficient (Wildman–Crippen LogP) is 4.21. The molecule has 9 heteroatoms. The molecule has 0 radical (unpaired) electrons. The molecule has 0 unspecified atom stereocenters. The molecule has 3 rings (SSSR count). The number of thioether (sulfide) groups is 1. The summed E-state index contributed by atoms with van der Waals surface area (Å²) in [4.78, 5) is 25.7. The zero-order chi connectivity index (χ0) is 21.1. The highest BCUT2D eigenvalue weighted by atomic mass is 35.5. The van der Waals surface area contributed by atoms with Crippen molar-refractivity contribution >= 4 is 57.8 Å². The van der Waals surface area contributed by atoms with Crippen molar-refractivity contribution in [2.75, 3.05) is 14.2 Å². The lowest BCUT2D eigenvalue weighted by Gasteiger charge is -2.16. The molecule has 0 atom stereocenters. The number of nitrogens with one attached hydrogen (secondary N) is 1. The fourth-order valence-corrected chi connectivity index (χ4v) is 4.19. The first kappa shape index (κ1) is 21.2. The Balaban J connectivity index is 1.85. The second-order valence-electron chi connectivity index (χ2n) is 6.02. The Kier molecular flexibility index (Phi) is 6.46. The minimum absolute atomic E-state index is 0.208. The monoisotopic (exact) mass is 448 g/mol. The highest BCUT2D eigenvalue weighted by Crippen LogP contribution is 2.36. The minimum atomic E-state index is -0.522. The van der Waals surface area contributed by atoms with Crippen LogP contribution in [0.4, 0.5) is 0 Å². The van der Waals surface area contributed by atoms with Crippen molar-refractivity contribution in [1.29, 1.82) is 0 Å². The molecular formula is C20H17ClN2O4S2. The molecule has 0 aliphatic carbocycles. The number of nitrogens with zero attached hydrogens (tertiary/aromatic N) is 1. The topological polar surface area (TPSA) is 67.9 Å². The first-order valence-corrected chi connectivity index (χ1v) is 10.0. The molecule has 0 aromatic heterocycles. The van der Waals surface area contributed by atoms with E-state index in [-0.39, 0.29) is 9.88 Å². The van der Waals surface area contributed by atoms with Gasteiger partial charge in [0.05, 0.1) is 29.7 Å². The average molecular weight is 449 g/mol. The number of hydrazine groups is 1. The van der Waals surface area contributed by atoms with E-state index in [1.165, 1.54) is 14.2 Å². The summed E-state index contributed by atoms with van der Waals surface area (Å²) in [5.74, 6) is 0.0720. The number of carbonyl (C=O) groups excluding carboxylic acids is 2. The Morgan fingerprint density at radius 2 is 2.00 bits per heavy atom. The number of aryl methyl sites for hydroxylation is 1. The van der Waals surface area contributed by atoms with Gasteiger partial charge >= 0.3 is 0 Å². The van der Waals surface area contributed by atoms with Gasteiger partial charge in [0.1, 0.15) is 0 Å². The van der Waals surface area contributed by atoms with Crippen LogP contribution in [0.5, 0.6) is 11.5 Å². The van der Waals surface area contributed by atoms with Gasteiger partial charge in [-0.25, -0.2) is 0 Å². The number of benzene rings is 2. The smallest absolute Gasteiger partial charge is 0.285 e. The standard InChI is InChI=1S/C20H17ClN2O4S2/c1-11-7-8-13(14(21)9-11)18(24)22-23-19(25)16(29-20(23)28)10-12-5-4-6-15(26-2)17(12)27-3/h4-10H,1-3H3,(H,22,24)/b16-10+. The molecule has 150 valence electrons. The Labute approximate surface area is 182 Å². The van der Waals surface area contributed by atoms with Crippen LogP contribution in [-0.4, -0.2) is 35.4 Å². The summed E-state index contributed by atoms with van der Waals surface area (Å²) in [6.07, 6.45) is 1.64. The van der Waals surface area contributed by atoms with Crippen molar-refractivity contribution in [2.24, 2.45) is 0 Å². The SMILES string of the molecule is COc1cccc(/C=C2/SC(=S)N(NC(=O)c3ccc(C)cc3Cl)C2=O)c1OC. The summed E-state index contributed by atoms with van der Waals surface area (Å²) in [7, 11) is 3.05. The number of ether oxygens (including phenoxy) is 2. The largest absolute Gasteiger partial charge is 0.493 e. The lowest BCUT2D eigenvalue weighted by molar-refractivity contribution is -0.123. The summed E-state index contributed by atoms with van der Waals surface area (Å²) in [5.41, 5.74) is 4.35. The van der Waals surface area contributed by atoms with Gasteiger partial charge in [0.15, 0.2) is 15.8 Å². The number of amides is 2. The van der Waals surface area contributed by atoms with Crippen LogP contribution in [0.2, 0.25) is 5.02 Å². The summed E-state index contributed by atoms with van der Waals surface area (Å²) in [6.45, 7) is 1.87. The maximum absolute atomic E-state index is 12.8. The van der Waals surface area contributed by atoms with Gasteiger partial charge in [-0.15, -0.1) is 0 Å². The molecule has 6 nitrogen and oxygen atoms in total. The van der Waals surface area contributed by atoms with Gasteiger partial charge in [0.2, 0.25) is 0 Å². The van der Waals surface area contributed by atoms with Gasteiger partial charge in [-0.3, -0.25) is 15.0 Å². The fourth-order valence-electron chi connectivity index (χ4n) is 2.70. The third kappa shape index (κ3) is 4.39. The molecule has 0 saturated carbocycles. The first-order valence-electron chi connectivity index (χ1n) is 8.41. The quantitative estimate of drug-likeness (QED) is 0.546. The molecule has 1 N–H and O–H groups in total. The van der Waals surface area contributed by atoms with Gasteiger partial charge in [0.25, 0.3) is 11.8 Å². The molecule has 2 amide bonds. The minimum Gasteiger partial charge on any atom is -0.493 e. The fraction of sp³-hybridized carbons (Fsp3) is 0.150. The number of hydrogen-bond donors (Lipinski definition) is 1. The summed E-state index contributed by atoms with van der Waals surface area (Å²) >= 11 is 12.5. The Morgan fingerprint density at radius 3 is 2.66 bits per heavy atom. The van der Waals surface area contributed by atoms with E-state index in [0.717, 1.165) is 22.3 Å². The molecular weight excluding hydrogens is 432 g/mol. The van der Waals surface area contributed by atoms with Crippen molar-refractivity contribution in [2.45, 2.75) is 6.92 Å². The van der Waals surface area contributed by atoms with Gasteiger partial charge in [-0.05, 0) is 49.0 Å². The maximum Gasteiger partial charge on any atom is 0.285 e. The second-order valence-corrected chi connectivity index (χ2v) is 8.11. The van der Waals surface area contributed by atoms with E-state index >= 15 is 0 Å². The summed E-state index contributed by atoms with van der Waals surface area (Å²) < 4.78 is 10.9. The third-order valence-electron chi connectivity index (χ3n) is 4.10. The molecule has 1 fully saturated rings. The average Bonchev–Trinajstić information content (AvgIpc) is 2.95. The van der Waals surface area contributed by atoms with Gasteiger partial charge in [-0.1, -0.05) is 41.6 Å². The van der Waals surface area contributed by atoms with Crippen molar-refractivity contribution in [3.63, 3.8) is 0 Å². The zero-order valence-electron chi connectivity index (χ0n) is 15.8. The molecule has 1 aliphatic rings. The maximum atomic E-state index is 12.8. The van der Waals surface area contributed by atoms with E-state index in [1.807, 2.05) is 6.92 Å². The second kappa shape index (κ2) is 8.86. The number of methoxy groups -OCH3 is 2. The van der Waals surface area contributed by atoms with Crippen LogP contribution in [0, 0.1) is 6.92 Å². The van der Waals surface area contributed by atoms with Gasteiger partial charge in [-0.2, -0.15) is 5.01 Å². The van der Waals surface area contributed by atoms with Crippen LogP contribution in [0.1, 0.15) is 21.5 Å². The molecule has 0 spiro atoms. The molecule has 1 heterocycles.